The lowest BCUT2D eigenvalue weighted by molar-refractivity contribution is -0.384. The Hall–Kier alpha value is -1.62. The summed E-state index contributed by atoms with van der Waals surface area (Å²) in [6, 6.07) is 5.21. The second-order valence-electron chi connectivity index (χ2n) is 5.35. The largest absolute Gasteiger partial charge is 0.393 e. The quantitative estimate of drug-likeness (QED) is 0.673. The van der Waals surface area contributed by atoms with Gasteiger partial charge in [0.05, 0.1) is 11.0 Å². The number of nitrogens with zero attached hydrogens (tertiary/aromatic N) is 2. The predicted molar refractivity (Wildman–Crippen MR) is 74.5 cm³/mol. The molecule has 1 fully saturated rings. The molecule has 1 aromatic carbocycles. The van der Waals surface area contributed by atoms with Crippen LogP contribution in [0.3, 0.4) is 0 Å². The maximum absolute atomic E-state index is 10.9. The standard InChI is InChI=1S/C14H20N2O3/c1-10-7-13(9-14(8-10)16(18)19)15-5-3-12(4-6-15)11(2)17/h7-9,11-12,17H,3-6H2,1-2H3. The highest BCUT2D eigenvalue weighted by atomic mass is 16.6. The Morgan fingerprint density at radius 2 is 2.00 bits per heavy atom. The van der Waals surface area contributed by atoms with E-state index in [4.69, 9.17) is 0 Å². The molecule has 104 valence electrons. The molecule has 0 spiro atoms. The first-order valence-electron chi connectivity index (χ1n) is 6.66. The number of nitro benzene ring substituents is 1. The maximum atomic E-state index is 10.9. The second-order valence-corrected chi connectivity index (χ2v) is 5.35. The minimum atomic E-state index is -0.348. The first kappa shape index (κ1) is 13.8. The molecule has 19 heavy (non-hydrogen) atoms. The molecule has 0 radical (unpaired) electrons. The minimum absolute atomic E-state index is 0.146. The monoisotopic (exact) mass is 264 g/mol. The topological polar surface area (TPSA) is 66.6 Å². The number of rotatable bonds is 3. The number of piperidine rings is 1. The Labute approximate surface area is 113 Å². The molecule has 1 heterocycles. The summed E-state index contributed by atoms with van der Waals surface area (Å²) in [6.45, 7) is 5.39. The summed E-state index contributed by atoms with van der Waals surface area (Å²) in [6.07, 6.45) is 1.59. The van der Waals surface area contributed by atoms with Gasteiger partial charge in [-0.3, -0.25) is 10.1 Å². The highest BCUT2D eigenvalue weighted by molar-refractivity contribution is 5.55. The fourth-order valence-corrected chi connectivity index (χ4v) is 2.67. The number of benzene rings is 1. The molecule has 0 bridgehead atoms. The van der Waals surface area contributed by atoms with E-state index in [1.807, 2.05) is 19.9 Å². The van der Waals surface area contributed by atoms with Crippen LogP contribution in [0.15, 0.2) is 18.2 Å². The van der Waals surface area contributed by atoms with Crippen molar-refractivity contribution in [3.63, 3.8) is 0 Å². The SMILES string of the molecule is Cc1cc(N2CCC(C(C)O)CC2)cc([N+](=O)[O-])c1. The van der Waals surface area contributed by atoms with Gasteiger partial charge in [0.1, 0.15) is 0 Å². The van der Waals surface area contributed by atoms with Crippen molar-refractivity contribution in [2.24, 2.45) is 5.92 Å². The van der Waals surface area contributed by atoms with Crippen LogP contribution in [0.2, 0.25) is 0 Å². The van der Waals surface area contributed by atoms with E-state index < -0.39 is 0 Å². The summed E-state index contributed by atoms with van der Waals surface area (Å²) in [7, 11) is 0. The van der Waals surface area contributed by atoms with E-state index in [9.17, 15) is 15.2 Å². The van der Waals surface area contributed by atoms with E-state index >= 15 is 0 Å². The van der Waals surface area contributed by atoms with Crippen molar-refractivity contribution < 1.29 is 10.0 Å². The zero-order chi connectivity index (χ0) is 14.0. The van der Waals surface area contributed by atoms with Crippen LogP contribution >= 0.6 is 0 Å². The summed E-state index contributed by atoms with van der Waals surface area (Å²) >= 11 is 0. The molecule has 5 heteroatoms. The number of nitro groups is 1. The van der Waals surface area contributed by atoms with E-state index in [1.54, 1.807) is 12.1 Å². The Bertz CT molecular complexity index is 466. The Balaban J connectivity index is 2.13. The van der Waals surface area contributed by atoms with E-state index in [2.05, 4.69) is 4.90 Å². The summed E-state index contributed by atoms with van der Waals surface area (Å²) < 4.78 is 0. The van der Waals surface area contributed by atoms with Gasteiger partial charge in [0.25, 0.3) is 5.69 Å². The van der Waals surface area contributed by atoms with Crippen LogP contribution in [0.25, 0.3) is 0 Å². The molecule has 1 aliphatic heterocycles. The lowest BCUT2D eigenvalue weighted by Gasteiger charge is -2.34. The molecule has 1 saturated heterocycles. The number of non-ortho nitro benzene ring substituents is 1. The van der Waals surface area contributed by atoms with Gasteiger partial charge in [0.2, 0.25) is 0 Å². The van der Waals surface area contributed by atoms with Crippen LogP contribution in [0, 0.1) is 23.0 Å². The van der Waals surface area contributed by atoms with E-state index in [0.29, 0.717) is 5.92 Å². The normalized spacial score (nSPS) is 18.4. The zero-order valence-electron chi connectivity index (χ0n) is 11.4. The van der Waals surface area contributed by atoms with Crippen molar-refractivity contribution in [3.05, 3.63) is 33.9 Å². The maximum Gasteiger partial charge on any atom is 0.271 e. The molecular formula is C14H20N2O3. The van der Waals surface area contributed by atoms with Gasteiger partial charge in [-0.25, -0.2) is 0 Å². The molecule has 2 rings (SSSR count). The fourth-order valence-electron chi connectivity index (χ4n) is 2.67. The number of anilines is 1. The molecule has 5 nitrogen and oxygen atoms in total. The average molecular weight is 264 g/mol. The lowest BCUT2D eigenvalue weighted by atomic mass is 9.92. The number of aliphatic hydroxyl groups excluding tert-OH is 1. The van der Waals surface area contributed by atoms with Gasteiger partial charge in [0.15, 0.2) is 0 Å². The van der Waals surface area contributed by atoms with Gasteiger partial charge in [-0.05, 0) is 44.2 Å². The number of hydrogen-bond acceptors (Lipinski definition) is 4. The van der Waals surface area contributed by atoms with Crippen molar-refractivity contribution in [3.8, 4) is 0 Å². The first-order valence-corrected chi connectivity index (χ1v) is 6.66. The Morgan fingerprint density at radius 3 is 2.53 bits per heavy atom. The van der Waals surface area contributed by atoms with Crippen LogP contribution in [0.1, 0.15) is 25.3 Å². The van der Waals surface area contributed by atoms with E-state index in [0.717, 1.165) is 37.2 Å². The van der Waals surface area contributed by atoms with Crippen molar-refractivity contribution in [1.29, 1.82) is 0 Å². The van der Waals surface area contributed by atoms with Gasteiger partial charge in [-0.1, -0.05) is 0 Å². The molecule has 1 N–H and O–H groups in total. The molecule has 1 aliphatic rings. The van der Waals surface area contributed by atoms with Gasteiger partial charge in [-0.2, -0.15) is 0 Å². The van der Waals surface area contributed by atoms with Gasteiger partial charge in [-0.15, -0.1) is 0 Å². The van der Waals surface area contributed by atoms with Crippen molar-refractivity contribution in [1.82, 2.24) is 0 Å². The van der Waals surface area contributed by atoms with Crippen LogP contribution < -0.4 is 4.90 Å². The van der Waals surface area contributed by atoms with Crippen LogP contribution in [-0.2, 0) is 0 Å². The molecule has 0 aromatic heterocycles. The highest BCUT2D eigenvalue weighted by Gasteiger charge is 2.23. The molecule has 0 aliphatic carbocycles. The molecule has 1 aromatic rings. The minimum Gasteiger partial charge on any atom is -0.393 e. The third-order valence-corrected chi connectivity index (χ3v) is 3.84. The van der Waals surface area contributed by atoms with Crippen molar-refractivity contribution >= 4 is 11.4 Å². The van der Waals surface area contributed by atoms with Crippen molar-refractivity contribution in [2.75, 3.05) is 18.0 Å². The zero-order valence-corrected chi connectivity index (χ0v) is 11.4. The van der Waals surface area contributed by atoms with E-state index in [1.165, 1.54) is 0 Å². The number of aryl methyl sites for hydroxylation is 1. The van der Waals surface area contributed by atoms with Crippen LogP contribution in [0.4, 0.5) is 11.4 Å². The number of aliphatic hydroxyl groups is 1. The first-order chi connectivity index (χ1) is 8.97. The van der Waals surface area contributed by atoms with Crippen molar-refractivity contribution in [2.45, 2.75) is 32.8 Å². The summed E-state index contributed by atoms with van der Waals surface area (Å²) in [4.78, 5) is 12.7. The summed E-state index contributed by atoms with van der Waals surface area (Å²) in [5.74, 6) is 0.344. The molecule has 0 amide bonds. The molecule has 0 saturated carbocycles. The van der Waals surface area contributed by atoms with Gasteiger partial charge < -0.3 is 10.0 Å². The Kier molecular flexibility index (Phi) is 4.04. The molecule has 1 unspecified atom stereocenters. The van der Waals surface area contributed by atoms with Crippen LogP contribution in [0.5, 0.6) is 0 Å². The van der Waals surface area contributed by atoms with Gasteiger partial charge in [0, 0.05) is 30.9 Å². The molecule has 1 atom stereocenters. The van der Waals surface area contributed by atoms with Gasteiger partial charge >= 0.3 is 0 Å². The third kappa shape index (κ3) is 3.23. The summed E-state index contributed by atoms with van der Waals surface area (Å²) in [5, 5.41) is 20.5. The highest BCUT2D eigenvalue weighted by Crippen LogP contribution is 2.28. The molecular weight excluding hydrogens is 244 g/mol. The average Bonchev–Trinajstić information content (AvgIpc) is 2.38. The smallest absolute Gasteiger partial charge is 0.271 e. The predicted octanol–water partition coefficient (Wildman–Crippen LogP) is 2.50. The lowest BCUT2D eigenvalue weighted by Crippen LogP contribution is -2.37. The summed E-state index contributed by atoms with van der Waals surface area (Å²) in [5.41, 5.74) is 1.96. The fraction of sp³-hybridized carbons (Fsp3) is 0.571. The third-order valence-electron chi connectivity index (χ3n) is 3.84. The van der Waals surface area contributed by atoms with Crippen LogP contribution in [-0.4, -0.2) is 29.2 Å². The number of hydrogen-bond donors (Lipinski definition) is 1. The van der Waals surface area contributed by atoms with E-state index in [-0.39, 0.29) is 16.7 Å². The Morgan fingerprint density at radius 1 is 1.37 bits per heavy atom. The second kappa shape index (κ2) is 5.57.